The molecule has 2 rings (SSSR count). The molecule has 1 aromatic carbocycles. The molecule has 1 aliphatic rings. The molecular weight excluding hydrogens is 318 g/mol. The Bertz CT molecular complexity index is 606. The van der Waals surface area contributed by atoms with Crippen molar-refractivity contribution in [1.29, 1.82) is 0 Å². The minimum absolute atomic E-state index is 0.193. The molecule has 2 amide bonds. The molecule has 7 nitrogen and oxygen atoms in total. The number of para-hydroxylation sites is 1. The zero-order chi connectivity index (χ0) is 16.7. The Kier molecular flexibility index (Phi) is 6.23. The summed E-state index contributed by atoms with van der Waals surface area (Å²) in [6, 6.07) is 8.98. The molecule has 2 N–H and O–H groups in total. The number of benzene rings is 1. The summed E-state index contributed by atoms with van der Waals surface area (Å²) in [5.41, 5.74) is 0. The molecule has 1 atom stereocenters. The van der Waals surface area contributed by atoms with E-state index < -0.39 is 10.0 Å². The first kappa shape index (κ1) is 17.6. The van der Waals surface area contributed by atoms with Crippen LogP contribution in [0.15, 0.2) is 30.3 Å². The average Bonchev–Trinajstić information content (AvgIpc) is 2.51. The lowest BCUT2D eigenvalue weighted by molar-refractivity contribution is 0.175. The number of hydrogen-bond donors (Lipinski definition) is 2. The summed E-state index contributed by atoms with van der Waals surface area (Å²) in [7, 11) is -3.25. The monoisotopic (exact) mass is 341 g/mol. The number of rotatable bonds is 6. The third-order valence-electron chi connectivity index (χ3n) is 3.48. The van der Waals surface area contributed by atoms with Crippen LogP contribution in [0.1, 0.15) is 12.8 Å². The Morgan fingerprint density at radius 2 is 2.09 bits per heavy atom. The van der Waals surface area contributed by atoms with Gasteiger partial charge in [0.25, 0.3) is 0 Å². The molecule has 1 aromatic rings. The van der Waals surface area contributed by atoms with Crippen molar-refractivity contribution in [2.24, 2.45) is 0 Å². The molecule has 23 heavy (non-hydrogen) atoms. The quantitative estimate of drug-likeness (QED) is 0.749. The Balaban J connectivity index is 1.70. The third-order valence-corrected chi connectivity index (χ3v) is 4.24. The van der Waals surface area contributed by atoms with Gasteiger partial charge in [-0.25, -0.2) is 17.9 Å². The van der Waals surface area contributed by atoms with Crippen molar-refractivity contribution in [2.75, 3.05) is 32.5 Å². The first-order valence-electron chi connectivity index (χ1n) is 7.62. The topological polar surface area (TPSA) is 87.7 Å². The van der Waals surface area contributed by atoms with Crippen molar-refractivity contribution < 1.29 is 17.9 Å². The van der Waals surface area contributed by atoms with Crippen LogP contribution in [0, 0.1) is 0 Å². The molecule has 1 saturated heterocycles. The lowest BCUT2D eigenvalue weighted by atomic mass is 10.1. The molecule has 0 saturated carbocycles. The number of carbonyl (C=O) groups is 1. The van der Waals surface area contributed by atoms with Gasteiger partial charge < -0.3 is 15.0 Å². The van der Waals surface area contributed by atoms with Crippen LogP contribution >= 0.6 is 0 Å². The van der Waals surface area contributed by atoms with E-state index in [4.69, 9.17) is 4.74 Å². The van der Waals surface area contributed by atoms with Gasteiger partial charge in [0.2, 0.25) is 10.0 Å². The SMILES string of the molecule is CS(=O)(=O)N[C@@H]1CCCN(C(=O)NCCOc2ccccc2)C1. The van der Waals surface area contributed by atoms with Gasteiger partial charge in [-0.05, 0) is 25.0 Å². The Labute approximate surface area is 137 Å². The highest BCUT2D eigenvalue weighted by Gasteiger charge is 2.25. The van der Waals surface area contributed by atoms with Crippen LogP contribution in [0.3, 0.4) is 0 Å². The average molecular weight is 341 g/mol. The van der Waals surface area contributed by atoms with Crippen LogP contribution in [-0.4, -0.2) is 57.9 Å². The van der Waals surface area contributed by atoms with Crippen molar-refractivity contribution in [3.8, 4) is 5.75 Å². The summed E-state index contributed by atoms with van der Waals surface area (Å²) in [6.45, 7) is 1.80. The van der Waals surface area contributed by atoms with Crippen molar-refractivity contribution in [3.05, 3.63) is 30.3 Å². The second kappa shape index (κ2) is 8.16. The van der Waals surface area contributed by atoms with Crippen molar-refractivity contribution >= 4 is 16.1 Å². The molecule has 0 aromatic heterocycles. The van der Waals surface area contributed by atoms with E-state index in [1.165, 1.54) is 0 Å². The van der Waals surface area contributed by atoms with Gasteiger partial charge in [0.1, 0.15) is 12.4 Å². The van der Waals surface area contributed by atoms with Crippen molar-refractivity contribution in [3.63, 3.8) is 0 Å². The van der Waals surface area contributed by atoms with E-state index in [9.17, 15) is 13.2 Å². The second-order valence-electron chi connectivity index (χ2n) is 5.57. The highest BCUT2D eigenvalue weighted by atomic mass is 32.2. The van der Waals surface area contributed by atoms with E-state index in [0.29, 0.717) is 26.2 Å². The standard InChI is InChI=1S/C15H23N3O4S/c1-23(20,21)17-13-6-5-10-18(12-13)15(19)16-9-11-22-14-7-3-2-4-8-14/h2-4,7-8,13,17H,5-6,9-12H2,1H3,(H,16,19)/t13-/m1/s1. The number of sulfonamides is 1. The lowest BCUT2D eigenvalue weighted by Crippen LogP contribution is -2.52. The second-order valence-corrected chi connectivity index (χ2v) is 7.35. The number of likely N-dealkylation sites (tertiary alicyclic amines) is 1. The molecule has 0 spiro atoms. The fourth-order valence-corrected chi connectivity index (χ4v) is 3.31. The van der Waals surface area contributed by atoms with Crippen LogP contribution in [0.5, 0.6) is 5.75 Å². The molecule has 0 radical (unpaired) electrons. The molecule has 0 aliphatic carbocycles. The fourth-order valence-electron chi connectivity index (χ4n) is 2.52. The van der Waals surface area contributed by atoms with E-state index in [2.05, 4.69) is 10.0 Å². The number of piperidine rings is 1. The third kappa shape index (κ3) is 6.45. The molecule has 1 heterocycles. The summed E-state index contributed by atoms with van der Waals surface area (Å²) >= 11 is 0. The van der Waals surface area contributed by atoms with E-state index in [-0.39, 0.29) is 12.1 Å². The Morgan fingerprint density at radius 1 is 1.35 bits per heavy atom. The van der Waals surface area contributed by atoms with Crippen molar-refractivity contribution in [2.45, 2.75) is 18.9 Å². The van der Waals surface area contributed by atoms with Gasteiger partial charge >= 0.3 is 6.03 Å². The molecule has 128 valence electrons. The van der Waals surface area contributed by atoms with Gasteiger partial charge in [0.05, 0.1) is 12.8 Å². The van der Waals surface area contributed by atoms with Gasteiger partial charge in [-0.3, -0.25) is 0 Å². The molecule has 1 fully saturated rings. The first-order valence-corrected chi connectivity index (χ1v) is 9.51. The summed E-state index contributed by atoms with van der Waals surface area (Å²) in [6.07, 6.45) is 2.65. The largest absolute Gasteiger partial charge is 0.492 e. The fraction of sp³-hybridized carbons (Fsp3) is 0.533. The summed E-state index contributed by atoms with van der Waals surface area (Å²) < 4.78 is 30.6. The molecular formula is C15H23N3O4S. The molecule has 0 bridgehead atoms. The highest BCUT2D eigenvalue weighted by molar-refractivity contribution is 7.88. The summed E-state index contributed by atoms with van der Waals surface area (Å²) in [5.74, 6) is 0.761. The van der Waals surface area contributed by atoms with Gasteiger partial charge in [0, 0.05) is 19.1 Å². The predicted molar refractivity (Wildman–Crippen MR) is 87.9 cm³/mol. The number of ether oxygens (including phenoxy) is 1. The Morgan fingerprint density at radius 3 is 2.78 bits per heavy atom. The molecule has 8 heteroatoms. The van der Waals surface area contributed by atoms with Crippen LogP contribution in [-0.2, 0) is 10.0 Å². The van der Waals surface area contributed by atoms with Crippen LogP contribution in [0.2, 0.25) is 0 Å². The smallest absolute Gasteiger partial charge is 0.317 e. The van der Waals surface area contributed by atoms with Crippen LogP contribution in [0.25, 0.3) is 0 Å². The lowest BCUT2D eigenvalue weighted by Gasteiger charge is -2.32. The maximum Gasteiger partial charge on any atom is 0.317 e. The van der Waals surface area contributed by atoms with Crippen LogP contribution in [0.4, 0.5) is 4.79 Å². The number of nitrogens with one attached hydrogen (secondary N) is 2. The van der Waals surface area contributed by atoms with Gasteiger partial charge in [-0.15, -0.1) is 0 Å². The maximum atomic E-state index is 12.1. The maximum absolute atomic E-state index is 12.1. The zero-order valence-corrected chi connectivity index (χ0v) is 14.0. The van der Waals surface area contributed by atoms with Crippen LogP contribution < -0.4 is 14.8 Å². The van der Waals surface area contributed by atoms with E-state index in [1.54, 1.807) is 4.90 Å². The number of carbonyl (C=O) groups excluding carboxylic acids is 1. The Hall–Kier alpha value is -1.80. The number of amides is 2. The number of nitrogens with zero attached hydrogens (tertiary/aromatic N) is 1. The van der Waals surface area contributed by atoms with E-state index in [1.807, 2.05) is 30.3 Å². The minimum atomic E-state index is -3.25. The highest BCUT2D eigenvalue weighted by Crippen LogP contribution is 2.11. The normalized spacial score (nSPS) is 18.5. The predicted octanol–water partition coefficient (Wildman–Crippen LogP) is 0.789. The molecule has 0 unspecified atom stereocenters. The number of urea groups is 1. The first-order chi connectivity index (χ1) is 10.9. The van der Waals surface area contributed by atoms with Gasteiger partial charge in [-0.2, -0.15) is 0 Å². The van der Waals surface area contributed by atoms with Gasteiger partial charge in [-0.1, -0.05) is 18.2 Å². The van der Waals surface area contributed by atoms with Crippen molar-refractivity contribution in [1.82, 2.24) is 14.9 Å². The minimum Gasteiger partial charge on any atom is -0.492 e. The van der Waals surface area contributed by atoms with E-state index >= 15 is 0 Å². The van der Waals surface area contributed by atoms with Gasteiger partial charge in [0.15, 0.2) is 0 Å². The zero-order valence-electron chi connectivity index (χ0n) is 13.2. The summed E-state index contributed by atoms with van der Waals surface area (Å²) in [4.78, 5) is 13.7. The van der Waals surface area contributed by atoms with E-state index in [0.717, 1.165) is 24.8 Å². The molecule has 1 aliphatic heterocycles. The number of hydrogen-bond acceptors (Lipinski definition) is 4. The summed E-state index contributed by atoms with van der Waals surface area (Å²) in [5, 5.41) is 2.79.